The van der Waals surface area contributed by atoms with Crippen LogP contribution in [-0.2, 0) is 14.3 Å². The molecular weight excluding hydrogens is 516 g/mol. The van der Waals surface area contributed by atoms with Crippen LogP contribution >= 0.6 is 23.4 Å². The molecule has 0 N–H and O–H groups in total. The van der Waals surface area contributed by atoms with Crippen LogP contribution in [0.3, 0.4) is 0 Å². The maximum Gasteiger partial charge on any atom is 0.338 e. The summed E-state index contributed by atoms with van der Waals surface area (Å²) in [7, 11) is 1.33. The monoisotopic (exact) mass is 540 g/mol. The summed E-state index contributed by atoms with van der Waals surface area (Å²) in [5.41, 5.74) is 2.38. The Morgan fingerprint density at radius 3 is 2.51 bits per heavy atom. The molecule has 11 heteroatoms. The lowest BCUT2D eigenvalue weighted by Crippen LogP contribution is -2.50. The molecule has 1 atom stereocenters. The minimum absolute atomic E-state index is 0.0676. The zero-order valence-corrected chi connectivity index (χ0v) is 21.9. The number of carbonyl (C=O) groups is 3. The highest BCUT2D eigenvalue weighted by Crippen LogP contribution is 2.46. The van der Waals surface area contributed by atoms with Gasteiger partial charge >= 0.3 is 5.97 Å². The molecule has 0 radical (unpaired) electrons. The first-order valence-corrected chi connectivity index (χ1v) is 13.0. The first-order valence-electron chi connectivity index (χ1n) is 11.8. The summed E-state index contributed by atoms with van der Waals surface area (Å²) in [4.78, 5) is 48.7. The van der Waals surface area contributed by atoms with Crippen LogP contribution in [0.2, 0.25) is 5.02 Å². The molecule has 0 saturated carbocycles. The van der Waals surface area contributed by atoms with Crippen LogP contribution in [0, 0.1) is 0 Å². The molecule has 1 aromatic carbocycles. The van der Waals surface area contributed by atoms with Gasteiger partial charge in [0.15, 0.2) is 10.9 Å². The maximum atomic E-state index is 13.3. The SMILES string of the molecule is COC(=O)C1=C(C)N=C2SC=C(CC(=O)N3CCN(C(=O)c4ccco4)CC3)N2[C@@H]1c1ccccc1Cl. The molecule has 1 saturated heterocycles. The van der Waals surface area contributed by atoms with Gasteiger partial charge in [0, 0.05) is 36.9 Å². The number of fused-ring (bicyclic) bond motifs is 1. The normalized spacial score (nSPS) is 19.4. The molecule has 0 unspecified atom stereocenters. The molecule has 2 amide bonds. The van der Waals surface area contributed by atoms with Gasteiger partial charge in [-0.1, -0.05) is 41.6 Å². The van der Waals surface area contributed by atoms with E-state index in [4.69, 9.17) is 20.8 Å². The summed E-state index contributed by atoms with van der Waals surface area (Å²) in [5, 5.41) is 3.07. The third-order valence-corrected chi connectivity index (χ3v) is 7.82. The van der Waals surface area contributed by atoms with Crippen molar-refractivity contribution in [2.75, 3.05) is 33.3 Å². The molecule has 1 aromatic heterocycles. The lowest BCUT2D eigenvalue weighted by Gasteiger charge is -2.38. The number of hydrogen-bond acceptors (Lipinski definition) is 8. The van der Waals surface area contributed by atoms with Gasteiger partial charge in [-0.15, -0.1) is 0 Å². The predicted molar refractivity (Wildman–Crippen MR) is 140 cm³/mol. The molecule has 3 aliphatic rings. The number of amides is 2. The zero-order chi connectivity index (χ0) is 26.1. The predicted octanol–water partition coefficient (Wildman–Crippen LogP) is 4.06. The molecule has 3 aliphatic heterocycles. The standard InChI is InChI=1S/C26H25ClN4O5S/c1-16-22(25(34)35-2)23(18-6-3-4-7-19(18)27)31-17(15-37-26(31)28-16)14-21(32)29-9-11-30(12-10-29)24(33)20-8-5-13-36-20/h3-8,13,15,23H,9-12,14H2,1-2H3/t23-/m1/s1. The number of furan rings is 1. The maximum absolute atomic E-state index is 13.3. The van der Waals surface area contributed by atoms with Gasteiger partial charge in [-0.2, -0.15) is 0 Å². The van der Waals surface area contributed by atoms with Crippen molar-refractivity contribution in [1.29, 1.82) is 0 Å². The lowest BCUT2D eigenvalue weighted by atomic mass is 9.93. The molecule has 0 aliphatic carbocycles. The summed E-state index contributed by atoms with van der Waals surface area (Å²) in [6.07, 6.45) is 1.59. The van der Waals surface area contributed by atoms with Crippen LogP contribution in [0.15, 0.2) is 74.4 Å². The third kappa shape index (κ3) is 4.78. The molecular formula is C26H25ClN4O5S. The summed E-state index contributed by atoms with van der Waals surface area (Å²) < 4.78 is 10.3. The quantitative estimate of drug-likeness (QED) is 0.528. The second-order valence-corrected chi connectivity index (χ2v) is 9.98. The number of amidine groups is 1. The summed E-state index contributed by atoms with van der Waals surface area (Å²) in [5.74, 6) is -0.450. The van der Waals surface area contributed by atoms with Crippen molar-refractivity contribution in [3.8, 4) is 0 Å². The molecule has 9 nitrogen and oxygen atoms in total. The second kappa shape index (κ2) is 10.5. The molecule has 5 rings (SSSR count). The average Bonchev–Trinajstić information content (AvgIpc) is 3.58. The molecule has 0 spiro atoms. The van der Waals surface area contributed by atoms with Crippen LogP contribution in [0.1, 0.15) is 35.5 Å². The van der Waals surface area contributed by atoms with Gasteiger partial charge in [0.2, 0.25) is 5.91 Å². The number of halogens is 1. The fourth-order valence-corrected chi connectivity index (χ4v) is 5.92. The van der Waals surface area contributed by atoms with Crippen molar-refractivity contribution < 1.29 is 23.5 Å². The number of carbonyl (C=O) groups excluding carboxylic acids is 3. The Bertz CT molecular complexity index is 1330. The van der Waals surface area contributed by atoms with Crippen molar-refractivity contribution in [3.05, 3.63) is 81.4 Å². The highest BCUT2D eigenvalue weighted by molar-refractivity contribution is 8.16. The van der Waals surface area contributed by atoms with Gasteiger partial charge in [-0.05, 0) is 36.1 Å². The zero-order valence-electron chi connectivity index (χ0n) is 20.3. The van der Waals surface area contributed by atoms with Crippen LogP contribution < -0.4 is 0 Å². The number of allylic oxidation sites excluding steroid dienone is 1. The number of methoxy groups -OCH3 is 1. The van der Waals surface area contributed by atoms with E-state index in [-0.39, 0.29) is 18.2 Å². The molecule has 0 bridgehead atoms. The Morgan fingerprint density at radius 2 is 1.84 bits per heavy atom. The average molecular weight is 541 g/mol. The van der Waals surface area contributed by atoms with Gasteiger partial charge < -0.3 is 23.9 Å². The topological polar surface area (TPSA) is 95.7 Å². The van der Waals surface area contributed by atoms with Gasteiger partial charge in [0.25, 0.3) is 5.91 Å². The van der Waals surface area contributed by atoms with Gasteiger partial charge in [-0.25, -0.2) is 9.79 Å². The van der Waals surface area contributed by atoms with E-state index < -0.39 is 12.0 Å². The Balaban J connectivity index is 1.34. The molecule has 4 heterocycles. The highest BCUT2D eigenvalue weighted by atomic mass is 35.5. The molecule has 1 fully saturated rings. The number of aliphatic imine (C=N–C) groups is 1. The number of esters is 1. The van der Waals surface area contributed by atoms with Gasteiger partial charge in [-0.3, -0.25) is 9.59 Å². The van der Waals surface area contributed by atoms with Gasteiger partial charge in [0.05, 0.1) is 37.1 Å². The van der Waals surface area contributed by atoms with E-state index in [1.807, 2.05) is 28.5 Å². The smallest absolute Gasteiger partial charge is 0.338 e. The number of rotatable bonds is 5. The summed E-state index contributed by atoms with van der Waals surface area (Å²) in [6.45, 7) is 3.46. The van der Waals surface area contributed by atoms with E-state index in [0.29, 0.717) is 53.4 Å². The number of benzene rings is 1. The first-order chi connectivity index (χ1) is 17.9. The van der Waals surface area contributed by atoms with Crippen molar-refractivity contribution in [1.82, 2.24) is 14.7 Å². The van der Waals surface area contributed by atoms with Gasteiger partial charge in [0.1, 0.15) is 0 Å². The van der Waals surface area contributed by atoms with Crippen LogP contribution in [0.5, 0.6) is 0 Å². The Labute approximate surface area is 223 Å². The van der Waals surface area contributed by atoms with E-state index in [1.54, 1.807) is 34.9 Å². The minimum atomic E-state index is -0.578. The third-order valence-electron chi connectivity index (χ3n) is 6.59. The fourth-order valence-electron chi connectivity index (χ4n) is 4.71. The summed E-state index contributed by atoms with van der Waals surface area (Å²) >= 11 is 7.98. The molecule has 192 valence electrons. The van der Waals surface area contributed by atoms with Crippen LogP contribution in [-0.4, -0.2) is 70.9 Å². The fraction of sp³-hybridized carbons (Fsp3) is 0.308. The Hall–Kier alpha value is -3.50. The van der Waals surface area contributed by atoms with E-state index >= 15 is 0 Å². The van der Waals surface area contributed by atoms with Crippen LogP contribution in [0.4, 0.5) is 0 Å². The Kier molecular flexibility index (Phi) is 7.12. The van der Waals surface area contributed by atoms with Crippen molar-refractivity contribution in [2.45, 2.75) is 19.4 Å². The van der Waals surface area contributed by atoms with Crippen molar-refractivity contribution >= 4 is 46.3 Å². The minimum Gasteiger partial charge on any atom is -0.466 e. The molecule has 37 heavy (non-hydrogen) atoms. The summed E-state index contributed by atoms with van der Waals surface area (Å²) in [6, 6.07) is 10.1. The van der Waals surface area contributed by atoms with Crippen molar-refractivity contribution in [2.24, 2.45) is 4.99 Å². The lowest BCUT2D eigenvalue weighted by molar-refractivity contribution is -0.136. The second-order valence-electron chi connectivity index (χ2n) is 8.73. The van der Waals surface area contributed by atoms with E-state index in [2.05, 4.69) is 4.99 Å². The van der Waals surface area contributed by atoms with E-state index in [9.17, 15) is 14.4 Å². The van der Waals surface area contributed by atoms with E-state index in [1.165, 1.54) is 25.1 Å². The first kappa shape index (κ1) is 25.2. The van der Waals surface area contributed by atoms with Crippen LogP contribution in [0.25, 0.3) is 0 Å². The number of piperazine rings is 1. The number of hydrogen-bond donors (Lipinski definition) is 0. The number of nitrogens with zero attached hydrogens (tertiary/aromatic N) is 4. The van der Waals surface area contributed by atoms with E-state index in [0.717, 1.165) is 11.3 Å². The number of ether oxygens (including phenoxy) is 1. The molecule has 2 aromatic rings. The largest absolute Gasteiger partial charge is 0.466 e. The Morgan fingerprint density at radius 1 is 1.11 bits per heavy atom. The number of thioether (sulfide) groups is 1. The van der Waals surface area contributed by atoms with Crippen molar-refractivity contribution in [3.63, 3.8) is 0 Å². The highest BCUT2D eigenvalue weighted by Gasteiger charge is 2.42.